The highest BCUT2D eigenvalue weighted by atomic mass is 16.2. The molecule has 0 atom stereocenters. The molecule has 0 unspecified atom stereocenters. The number of H-pyrrole nitrogens is 1. The molecular weight excluding hydrogens is 218 g/mol. The minimum absolute atomic E-state index is 0.134. The molecule has 2 heterocycles. The molecule has 2 N–H and O–H groups in total. The lowest BCUT2D eigenvalue weighted by Crippen LogP contribution is -2.41. The van der Waals surface area contributed by atoms with Crippen LogP contribution in [0.3, 0.4) is 0 Å². The minimum Gasteiger partial charge on any atom is -0.347 e. The Hall–Kier alpha value is -2.11. The topological polar surface area (TPSA) is 75.6 Å². The molecule has 0 radical (unpaired) electrons. The van der Waals surface area contributed by atoms with E-state index in [9.17, 15) is 4.79 Å². The van der Waals surface area contributed by atoms with E-state index < -0.39 is 5.54 Å². The second kappa shape index (κ2) is 4.04. The minimum atomic E-state index is -0.561. The van der Waals surface area contributed by atoms with Crippen LogP contribution >= 0.6 is 0 Å². The van der Waals surface area contributed by atoms with E-state index in [2.05, 4.69) is 20.7 Å². The SMILES string of the molecule is Cn1cccc1C(=O)NC(C)(C)c1cn[nH]n1. The molecule has 2 rings (SSSR count). The molecule has 0 aliphatic rings. The fraction of sp³-hybridized carbons (Fsp3) is 0.364. The molecule has 0 spiro atoms. The number of amides is 1. The number of carbonyl (C=O) groups is 1. The zero-order valence-electron chi connectivity index (χ0n) is 10.1. The van der Waals surface area contributed by atoms with E-state index in [1.807, 2.05) is 33.2 Å². The summed E-state index contributed by atoms with van der Waals surface area (Å²) in [5.74, 6) is -0.134. The predicted molar refractivity (Wildman–Crippen MR) is 62.3 cm³/mol. The van der Waals surface area contributed by atoms with Gasteiger partial charge in [-0.1, -0.05) is 0 Å². The van der Waals surface area contributed by atoms with Crippen LogP contribution in [0.5, 0.6) is 0 Å². The van der Waals surface area contributed by atoms with E-state index >= 15 is 0 Å². The fourth-order valence-corrected chi connectivity index (χ4v) is 1.61. The van der Waals surface area contributed by atoms with E-state index in [4.69, 9.17) is 0 Å². The van der Waals surface area contributed by atoms with Crippen molar-refractivity contribution in [2.45, 2.75) is 19.4 Å². The van der Waals surface area contributed by atoms with Gasteiger partial charge in [0.1, 0.15) is 11.4 Å². The molecule has 2 aromatic heterocycles. The highest BCUT2D eigenvalue weighted by Gasteiger charge is 2.26. The van der Waals surface area contributed by atoms with Crippen molar-refractivity contribution >= 4 is 5.91 Å². The van der Waals surface area contributed by atoms with E-state index in [1.165, 1.54) is 0 Å². The molecule has 0 bridgehead atoms. The lowest BCUT2D eigenvalue weighted by atomic mass is 10.0. The van der Waals surface area contributed by atoms with Crippen LogP contribution in [0.25, 0.3) is 0 Å². The third-order valence-corrected chi connectivity index (χ3v) is 2.66. The normalized spacial score (nSPS) is 11.5. The van der Waals surface area contributed by atoms with Gasteiger partial charge in [-0.2, -0.15) is 15.4 Å². The number of aromatic nitrogens is 4. The van der Waals surface area contributed by atoms with Gasteiger partial charge in [0.25, 0.3) is 5.91 Å². The van der Waals surface area contributed by atoms with E-state index in [1.54, 1.807) is 16.8 Å². The number of nitrogens with zero attached hydrogens (tertiary/aromatic N) is 3. The number of hydrogen-bond donors (Lipinski definition) is 2. The smallest absolute Gasteiger partial charge is 0.268 e. The van der Waals surface area contributed by atoms with Crippen molar-refractivity contribution in [3.63, 3.8) is 0 Å². The molecule has 0 saturated carbocycles. The maximum atomic E-state index is 12.0. The highest BCUT2D eigenvalue weighted by Crippen LogP contribution is 2.16. The second-order valence-electron chi connectivity index (χ2n) is 4.44. The zero-order valence-corrected chi connectivity index (χ0v) is 10.1. The van der Waals surface area contributed by atoms with Gasteiger partial charge in [-0.3, -0.25) is 4.79 Å². The second-order valence-corrected chi connectivity index (χ2v) is 4.44. The number of nitrogens with one attached hydrogen (secondary N) is 2. The molecule has 90 valence electrons. The summed E-state index contributed by atoms with van der Waals surface area (Å²) >= 11 is 0. The molecule has 2 aromatic rings. The summed E-state index contributed by atoms with van der Waals surface area (Å²) in [6, 6.07) is 3.60. The predicted octanol–water partition coefficient (Wildman–Crippen LogP) is 0.808. The van der Waals surface area contributed by atoms with E-state index in [-0.39, 0.29) is 5.91 Å². The summed E-state index contributed by atoms with van der Waals surface area (Å²) in [4.78, 5) is 12.0. The molecule has 0 aromatic carbocycles. The summed E-state index contributed by atoms with van der Waals surface area (Å²) in [6.45, 7) is 3.76. The molecule has 6 nitrogen and oxygen atoms in total. The first-order chi connectivity index (χ1) is 8.00. The molecule has 0 aliphatic carbocycles. The van der Waals surface area contributed by atoms with Crippen molar-refractivity contribution in [1.29, 1.82) is 0 Å². The Kier molecular flexibility index (Phi) is 2.71. The van der Waals surface area contributed by atoms with E-state index in [0.717, 1.165) is 0 Å². The third kappa shape index (κ3) is 2.20. The number of aromatic amines is 1. The maximum absolute atomic E-state index is 12.0. The standard InChI is InChI=1S/C11H15N5O/c1-11(2,9-7-12-15-14-9)13-10(17)8-5-4-6-16(8)3/h4-7H,1-3H3,(H,13,17)(H,12,14,15). The van der Waals surface area contributed by atoms with Crippen molar-refractivity contribution in [2.24, 2.45) is 7.05 Å². The number of rotatable bonds is 3. The average molecular weight is 233 g/mol. The Labute approximate surface area is 99.0 Å². The Morgan fingerprint density at radius 3 is 2.82 bits per heavy atom. The molecule has 0 saturated heterocycles. The Balaban J connectivity index is 2.17. The largest absolute Gasteiger partial charge is 0.347 e. The van der Waals surface area contributed by atoms with Gasteiger partial charge >= 0.3 is 0 Å². The van der Waals surface area contributed by atoms with Crippen LogP contribution in [-0.2, 0) is 12.6 Å². The van der Waals surface area contributed by atoms with Gasteiger partial charge in [-0.25, -0.2) is 0 Å². The van der Waals surface area contributed by atoms with Gasteiger partial charge in [-0.15, -0.1) is 0 Å². The molecule has 0 aliphatic heterocycles. The number of carbonyl (C=O) groups excluding carboxylic acids is 1. The van der Waals surface area contributed by atoms with Crippen LogP contribution in [0, 0.1) is 0 Å². The maximum Gasteiger partial charge on any atom is 0.268 e. The summed E-state index contributed by atoms with van der Waals surface area (Å²) in [5, 5.41) is 13.2. The third-order valence-electron chi connectivity index (χ3n) is 2.66. The van der Waals surface area contributed by atoms with Gasteiger partial charge in [0, 0.05) is 13.2 Å². The molecule has 0 fully saturated rings. The van der Waals surface area contributed by atoms with Crippen molar-refractivity contribution in [1.82, 2.24) is 25.3 Å². The lowest BCUT2D eigenvalue weighted by Gasteiger charge is -2.23. The lowest BCUT2D eigenvalue weighted by molar-refractivity contribution is 0.0902. The summed E-state index contributed by atoms with van der Waals surface area (Å²) in [6.07, 6.45) is 3.43. The Morgan fingerprint density at radius 2 is 2.29 bits per heavy atom. The quantitative estimate of drug-likeness (QED) is 0.823. The Bertz CT molecular complexity index is 512. The van der Waals surface area contributed by atoms with Crippen molar-refractivity contribution in [3.8, 4) is 0 Å². The molecule has 17 heavy (non-hydrogen) atoms. The van der Waals surface area contributed by atoms with Crippen molar-refractivity contribution < 1.29 is 4.79 Å². The van der Waals surface area contributed by atoms with E-state index in [0.29, 0.717) is 11.4 Å². The first-order valence-electron chi connectivity index (χ1n) is 5.31. The van der Waals surface area contributed by atoms with Crippen LogP contribution in [0.15, 0.2) is 24.5 Å². The molecular formula is C11H15N5O. The van der Waals surface area contributed by atoms with Gasteiger partial charge in [-0.05, 0) is 26.0 Å². The zero-order chi connectivity index (χ0) is 12.5. The van der Waals surface area contributed by atoms with Crippen LogP contribution in [0.2, 0.25) is 0 Å². The number of hydrogen-bond acceptors (Lipinski definition) is 3. The van der Waals surface area contributed by atoms with Gasteiger partial charge < -0.3 is 9.88 Å². The van der Waals surface area contributed by atoms with Crippen LogP contribution in [-0.4, -0.2) is 25.9 Å². The summed E-state index contributed by atoms with van der Waals surface area (Å²) in [5.41, 5.74) is 0.746. The monoisotopic (exact) mass is 233 g/mol. The van der Waals surface area contributed by atoms with Gasteiger partial charge in [0.2, 0.25) is 0 Å². The number of aryl methyl sites for hydroxylation is 1. The van der Waals surface area contributed by atoms with Gasteiger partial charge in [0.05, 0.1) is 11.7 Å². The molecule has 6 heteroatoms. The van der Waals surface area contributed by atoms with Crippen molar-refractivity contribution in [2.75, 3.05) is 0 Å². The van der Waals surface area contributed by atoms with Crippen LogP contribution in [0.1, 0.15) is 30.0 Å². The molecule has 1 amide bonds. The average Bonchev–Trinajstić information content (AvgIpc) is 2.85. The van der Waals surface area contributed by atoms with Gasteiger partial charge in [0.15, 0.2) is 0 Å². The summed E-state index contributed by atoms with van der Waals surface area (Å²) < 4.78 is 1.77. The van der Waals surface area contributed by atoms with Crippen LogP contribution < -0.4 is 5.32 Å². The highest BCUT2D eigenvalue weighted by molar-refractivity contribution is 5.93. The fourth-order valence-electron chi connectivity index (χ4n) is 1.61. The first-order valence-corrected chi connectivity index (χ1v) is 5.31. The van der Waals surface area contributed by atoms with Crippen LogP contribution in [0.4, 0.5) is 0 Å². The first kappa shape index (κ1) is 11.4. The van der Waals surface area contributed by atoms with Crippen molar-refractivity contribution in [3.05, 3.63) is 35.9 Å². The Morgan fingerprint density at radius 1 is 1.53 bits per heavy atom. The summed E-state index contributed by atoms with van der Waals surface area (Å²) in [7, 11) is 1.83.